The molecule has 1 amide bonds. The van der Waals surface area contributed by atoms with Crippen LogP contribution in [0.2, 0.25) is 0 Å². The van der Waals surface area contributed by atoms with Gasteiger partial charge in [0, 0.05) is 37.0 Å². The largest absolute Gasteiger partial charge is 0.330 e. The lowest BCUT2D eigenvalue weighted by molar-refractivity contribution is 0.0991. The fourth-order valence-electron chi connectivity index (χ4n) is 3.31. The highest BCUT2D eigenvalue weighted by molar-refractivity contribution is 7.17. The molecule has 0 bridgehead atoms. The lowest BCUT2D eigenvalue weighted by atomic mass is 9.98. The molecule has 1 atom stereocenters. The number of hydrogen-bond acceptors (Lipinski definition) is 5. The number of carbonyl (C=O) groups is 1. The molecule has 0 saturated heterocycles. The minimum absolute atomic E-state index is 0.000360. The first-order chi connectivity index (χ1) is 12.2. The van der Waals surface area contributed by atoms with Gasteiger partial charge in [0.15, 0.2) is 0 Å². The second-order valence-electron chi connectivity index (χ2n) is 6.18. The van der Waals surface area contributed by atoms with Crippen molar-refractivity contribution in [3.8, 4) is 10.6 Å². The van der Waals surface area contributed by atoms with Gasteiger partial charge in [-0.2, -0.15) is 5.10 Å². The van der Waals surface area contributed by atoms with Crippen molar-refractivity contribution in [1.29, 1.82) is 0 Å². The van der Waals surface area contributed by atoms with Gasteiger partial charge in [-0.05, 0) is 24.6 Å². The fraction of sp³-hybridized carbons (Fsp3) is 0.278. The first kappa shape index (κ1) is 16.0. The number of fused-ring (bicyclic) bond motifs is 1. The fourth-order valence-corrected chi connectivity index (χ4v) is 4.15. The van der Waals surface area contributed by atoms with Crippen molar-refractivity contribution in [2.24, 2.45) is 12.8 Å². The molecule has 25 heavy (non-hydrogen) atoms. The van der Waals surface area contributed by atoms with Crippen molar-refractivity contribution in [2.45, 2.75) is 12.3 Å². The first-order valence-electron chi connectivity index (χ1n) is 8.23. The Morgan fingerprint density at radius 2 is 2.20 bits per heavy atom. The zero-order chi connectivity index (χ0) is 17.4. The maximum absolute atomic E-state index is 13.1. The predicted octanol–water partition coefficient (Wildman–Crippen LogP) is 2.64. The van der Waals surface area contributed by atoms with E-state index in [2.05, 4.69) is 16.1 Å². The van der Waals surface area contributed by atoms with Crippen LogP contribution in [0.4, 0.5) is 5.69 Å². The van der Waals surface area contributed by atoms with E-state index in [1.807, 2.05) is 36.3 Å². The van der Waals surface area contributed by atoms with Crippen molar-refractivity contribution in [3.63, 3.8) is 0 Å². The van der Waals surface area contributed by atoms with E-state index in [4.69, 9.17) is 5.73 Å². The highest BCUT2D eigenvalue weighted by atomic mass is 32.1. The van der Waals surface area contributed by atoms with E-state index in [0.29, 0.717) is 23.9 Å². The minimum atomic E-state index is -0.000360. The molecule has 3 heterocycles. The smallest absolute Gasteiger partial charge is 0.270 e. The van der Waals surface area contributed by atoms with Crippen molar-refractivity contribution in [2.75, 3.05) is 18.0 Å². The van der Waals surface area contributed by atoms with Gasteiger partial charge in [0.1, 0.15) is 9.88 Å². The van der Waals surface area contributed by atoms with Crippen LogP contribution in [-0.4, -0.2) is 33.8 Å². The third kappa shape index (κ3) is 2.85. The Morgan fingerprint density at radius 3 is 2.96 bits per heavy atom. The van der Waals surface area contributed by atoms with Crippen LogP contribution in [0.1, 0.15) is 27.6 Å². The summed E-state index contributed by atoms with van der Waals surface area (Å²) in [6.07, 6.45) is 6.20. The zero-order valence-corrected chi connectivity index (χ0v) is 14.7. The van der Waals surface area contributed by atoms with E-state index in [1.165, 1.54) is 16.9 Å². The van der Waals surface area contributed by atoms with Gasteiger partial charge in [-0.1, -0.05) is 18.2 Å². The maximum atomic E-state index is 13.1. The van der Waals surface area contributed by atoms with E-state index in [-0.39, 0.29) is 5.91 Å². The zero-order valence-electron chi connectivity index (χ0n) is 13.9. The van der Waals surface area contributed by atoms with Gasteiger partial charge in [0.2, 0.25) is 0 Å². The Labute approximate surface area is 149 Å². The maximum Gasteiger partial charge on any atom is 0.270 e. The molecule has 0 saturated carbocycles. The Bertz CT molecular complexity index is 916. The number of aryl methyl sites for hydroxylation is 1. The Balaban J connectivity index is 1.62. The summed E-state index contributed by atoms with van der Waals surface area (Å²) in [5.74, 6) is 0.301. The van der Waals surface area contributed by atoms with Crippen LogP contribution in [-0.2, 0) is 7.05 Å². The average Bonchev–Trinajstić information content (AvgIpc) is 3.33. The number of nitrogens with zero attached hydrogens (tertiary/aromatic N) is 4. The second-order valence-corrected chi connectivity index (χ2v) is 7.21. The number of benzene rings is 1. The lowest BCUT2D eigenvalue weighted by Crippen LogP contribution is -2.29. The standard InChI is InChI=1S/C18H19N5OS/c1-22-10-13(8-21-22)17-20-9-16(25-17)18(24)23-11-12(6-7-19)14-4-2-3-5-15(14)23/h2-5,8-10,12H,6-7,11,19H2,1H3. The van der Waals surface area contributed by atoms with Crippen molar-refractivity contribution in [1.82, 2.24) is 14.8 Å². The van der Waals surface area contributed by atoms with Gasteiger partial charge in [-0.3, -0.25) is 9.48 Å². The molecule has 128 valence electrons. The SMILES string of the molecule is Cn1cc(-c2ncc(C(=O)N3CC(CCN)c4ccccc43)s2)cn1. The Kier molecular flexibility index (Phi) is 4.10. The normalized spacial score (nSPS) is 16.2. The number of aromatic nitrogens is 3. The summed E-state index contributed by atoms with van der Waals surface area (Å²) >= 11 is 1.40. The topological polar surface area (TPSA) is 77.0 Å². The van der Waals surface area contributed by atoms with Gasteiger partial charge in [-0.25, -0.2) is 4.98 Å². The Morgan fingerprint density at radius 1 is 1.36 bits per heavy atom. The van der Waals surface area contributed by atoms with E-state index in [0.717, 1.165) is 22.7 Å². The molecule has 0 aliphatic carbocycles. The van der Waals surface area contributed by atoms with Gasteiger partial charge in [-0.15, -0.1) is 11.3 Å². The molecule has 1 unspecified atom stereocenters. The quantitative estimate of drug-likeness (QED) is 0.782. The number of rotatable bonds is 4. The second kappa shape index (κ2) is 6.42. The summed E-state index contributed by atoms with van der Waals surface area (Å²) < 4.78 is 1.73. The molecule has 2 aromatic heterocycles. The molecule has 7 heteroatoms. The number of amides is 1. The minimum Gasteiger partial charge on any atom is -0.330 e. The van der Waals surface area contributed by atoms with Gasteiger partial charge in [0.05, 0.1) is 12.4 Å². The third-order valence-corrected chi connectivity index (χ3v) is 5.53. The van der Waals surface area contributed by atoms with Crippen molar-refractivity contribution < 1.29 is 4.79 Å². The van der Waals surface area contributed by atoms with E-state index in [9.17, 15) is 4.79 Å². The van der Waals surface area contributed by atoms with Crippen LogP contribution in [0, 0.1) is 0 Å². The molecular formula is C18H19N5OS. The Hall–Kier alpha value is -2.51. The number of nitrogens with two attached hydrogens (primary N) is 1. The summed E-state index contributed by atoms with van der Waals surface area (Å²) in [5, 5.41) is 4.97. The predicted molar refractivity (Wildman–Crippen MR) is 98.8 cm³/mol. The lowest BCUT2D eigenvalue weighted by Gasteiger charge is -2.16. The molecule has 0 radical (unpaired) electrons. The summed E-state index contributed by atoms with van der Waals surface area (Å²) in [6.45, 7) is 1.29. The van der Waals surface area contributed by atoms with Crippen LogP contribution in [0.3, 0.4) is 0 Å². The summed E-state index contributed by atoms with van der Waals surface area (Å²) in [5.41, 5.74) is 8.87. The van der Waals surface area contributed by atoms with Crippen LogP contribution < -0.4 is 10.6 Å². The summed E-state index contributed by atoms with van der Waals surface area (Å²) in [7, 11) is 1.86. The molecule has 1 aromatic carbocycles. The molecule has 3 aromatic rings. The number of thiazole rings is 1. The number of para-hydroxylation sites is 1. The van der Waals surface area contributed by atoms with E-state index in [1.54, 1.807) is 17.1 Å². The molecule has 0 fully saturated rings. The molecule has 1 aliphatic rings. The van der Waals surface area contributed by atoms with Gasteiger partial charge < -0.3 is 10.6 Å². The first-order valence-corrected chi connectivity index (χ1v) is 9.04. The van der Waals surface area contributed by atoms with Crippen LogP contribution in [0.15, 0.2) is 42.9 Å². The number of anilines is 1. The van der Waals surface area contributed by atoms with E-state index < -0.39 is 0 Å². The molecule has 0 spiro atoms. The molecular weight excluding hydrogens is 334 g/mol. The number of hydrogen-bond donors (Lipinski definition) is 1. The van der Waals surface area contributed by atoms with Crippen molar-refractivity contribution >= 4 is 22.9 Å². The van der Waals surface area contributed by atoms with Gasteiger partial charge in [0.25, 0.3) is 5.91 Å². The number of carbonyl (C=O) groups excluding carboxylic acids is 1. The van der Waals surface area contributed by atoms with Crippen molar-refractivity contribution in [3.05, 3.63) is 53.3 Å². The third-order valence-electron chi connectivity index (χ3n) is 4.50. The molecule has 4 rings (SSSR count). The molecule has 2 N–H and O–H groups in total. The van der Waals surface area contributed by atoms with E-state index >= 15 is 0 Å². The summed E-state index contributed by atoms with van der Waals surface area (Å²) in [4.78, 5) is 20.0. The van der Waals surface area contributed by atoms with Crippen LogP contribution in [0.25, 0.3) is 10.6 Å². The summed E-state index contributed by atoms with van der Waals surface area (Å²) in [6, 6.07) is 8.09. The van der Waals surface area contributed by atoms with Crippen LogP contribution in [0.5, 0.6) is 0 Å². The highest BCUT2D eigenvalue weighted by Crippen LogP contribution is 2.39. The van der Waals surface area contributed by atoms with Crippen LogP contribution >= 0.6 is 11.3 Å². The average molecular weight is 353 g/mol. The van der Waals surface area contributed by atoms with Gasteiger partial charge >= 0.3 is 0 Å². The monoisotopic (exact) mass is 353 g/mol. The molecule has 6 nitrogen and oxygen atoms in total. The molecule has 1 aliphatic heterocycles. The highest BCUT2D eigenvalue weighted by Gasteiger charge is 2.32.